The largest absolute Gasteiger partial charge is 0.456 e. The number of anilines is 3. The van der Waals surface area contributed by atoms with Gasteiger partial charge in [-0.05, 0) is 116 Å². The highest BCUT2D eigenvalue weighted by Crippen LogP contribution is 2.50. The maximum Gasteiger partial charge on any atom is 0.137 e. The van der Waals surface area contributed by atoms with Crippen LogP contribution in [0, 0.1) is 0 Å². The molecule has 0 spiro atoms. The molecule has 1 aliphatic rings. The summed E-state index contributed by atoms with van der Waals surface area (Å²) in [6, 6.07) is 86.0. The van der Waals surface area contributed by atoms with Crippen molar-refractivity contribution in [2.24, 2.45) is 0 Å². The molecule has 12 aromatic rings. The van der Waals surface area contributed by atoms with Crippen molar-refractivity contribution in [2.45, 2.75) is 12.3 Å². The predicted octanol–water partition coefficient (Wildman–Crippen LogP) is 19.2. The van der Waals surface area contributed by atoms with Gasteiger partial charge in [0.2, 0.25) is 0 Å². The van der Waals surface area contributed by atoms with Gasteiger partial charge in [-0.3, -0.25) is 0 Å². The number of thiophene rings is 1. The van der Waals surface area contributed by atoms with Gasteiger partial charge in [0.1, 0.15) is 11.2 Å². The molecule has 3 heteroatoms. The summed E-state index contributed by atoms with van der Waals surface area (Å²) >= 11 is 1.88. The van der Waals surface area contributed by atoms with Gasteiger partial charge in [-0.1, -0.05) is 200 Å². The Bertz CT molecular complexity index is 3900. The fraction of sp³-hybridized carbons (Fsp3) is 0.0303. The highest BCUT2D eigenvalue weighted by Gasteiger charge is 2.25. The van der Waals surface area contributed by atoms with Crippen LogP contribution >= 0.6 is 11.3 Å². The minimum atomic E-state index is 0.200. The SMILES string of the molecule is C1=CCC(c2ccc(N(c3ccc4c(c3)oc3cc(-c5ccccc5)ccc34)c3ccc(-c4ccccc4)c4sc5cc(-c6ccccc6)ccc5c34)cc2)C(c2ccccc2-c2ccccc2)=C1. The predicted molar refractivity (Wildman–Crippen MR) is 294 cm³/mol. The molecule has 0 aliphatic heterocycles. The molecule has 1 unspecified atom stereocenters. The van der Waals surface area contributed by atoms with Crippen LogP contribution in [0.2, 0.25) is 0 Å². The molecule has 0 N–H and O–H groups in total. The first-order valence-electron chi connectivity index (χ1n) is 23.8. The highest BCUT2D eigenvalue weighted by atomic mass is 32.1. The molecule has 326 valence electrons. The van der Waals surface area contributed by atoms with E-state index in [1.165, 1.54) is 75.8 Å². The monoisotopic (exact) mass is 899 g/mol. The zero-order valence-corrected chi connectivity index (χ0v) is 38.6. The number of allylic oxidation sites excluding steroid dienone is 4. The second kappa shape index (κ2) is 17.3. The van der Waals surface area contributed by atoms with Gasteiger partial charge < -0.3 is 9.32 Å². The Morgan fingerprint density at radius 1 is 0.420 bits per heavy atom. The molecule has 1 aliphatic carbocycles. The summed E-state index contributed by atoms with van der Waals surface area (Å²) in [6.45, 7) is 0. The second-order valence-corrected chi connectivity index (χ2v) is 19.0. The molecule has 0 saturated carbocycles. The molecule has 0 bridgehead atoms. The quantitative estimate of drug-likeness (QED) is 0.144. The summed E-state index contributed by atoms with van der Waals surface area (Å²) in [4.78, 5) is 2.45. The maximum absolute atomic E-state index is 6.81. The number of hydrogen-bond acceptors (Lipinski definition) is 3. The Labute approximate surface area is 406 Å². The van der Waals surface area contributed by atoms with Crippen molar-refractivity contribution in [1.82, 2.24) is 0 Å². The van der Waals surface area contributed by atoms with E-state index in [-0.39, 0.29) is 5.92 Å². The fourth-order valence-corrected chi connectivity index (χ4v) is 11.8. The Hall–Kier alpha value is -8.50. The lowest BCUT2D eigenvalue weighted by Crippen LogP contribution is -2.11. The van der Waals surface area contributed by atoms with Crippen LogP contribution in [-0.2, 0) is 0 Å². The normalized spacial score (nSPS) is 13.6. The minimum absolute atomic E-state index is 0.200. The molecule has 2 nitrogen and oxygen atoms in total. The summed E-state index contributed by atoms with van der Waals surface area (Å²) in [7, 11) is 0. The number of furan rings is 1. The minimum Gasteiger partial charge on any atom is -0.456 e. The molecule has 0 saturated heterocycles. The Kier molecular flexibility index (Phi) is 10.2. The van der Waals surface area contributed by atoms with E-state index in [0.29, 0.717) is 0 Å². The molecular formula is C66H45NOS. The number of benzene rings is 10. The number of nitrogens with zero attached hydrogens (tertiary/aromatic N) is 1. The third kappa shape index (κ3) is 7.36. The Balaban J connectivity index is 0.986. The molecule has 2 aromatic heterocycles. The average Bonchev–Trinajstić information content (AvgIpc) is 4.00. The van der Waals surface area contributed by atoms with Crippen LogP contribution in [0.5, 0.6) is 0 Å². The second-order valence-electron chi connectivity index (χ2n) is 17.9. The van der Waals surface area contributed by atoms with Crippen molar-refractivity contribution in [2.75, 3.05) is 4.90 Å². The smallest absolute Gasteiger partial charge is 0.137 e. The van der Waals surface area contributed by atoms with E-state index in [1.54, 1.807) is 0 Å². The van der Waals surface area contributed by atoms with E-state index in [1.807, 2.05) is 11.3 Å². The van der Waals surface area contributed by atoms with Crippen LogP contribution in [-0.4, -0.2) is 0 Å². The van der Waals surface area contributed by atoms with Crippen LogP contribution in [0.15, 0.2) is 259 Å². The molecule has 0 amide bonds. The van der Waals surface area contributed by atoms with Gasteiger partial charge in [0.25, 0.3) is 0 Å². The van der Waals surface area contributed by atoms with E-state index in [2.05, 4.69) is 260 Å². The van der Waals surface area contributed by atoms with E-state index in [9.17, 15) is 0 Å². The third-order valence-corrected chi connectivity index (χ3v) is 15.1. The topological polar surface area (TPSA) is 16.4 Å². The van der Waals surface area contributed by atoms with Crippen LogP contribution in [0.1, 0.15) is 23.5 Å². The highest BCUT2D eigenvalue weighted by molar-refractivity contribution is 7.26. The van der Waals surface area contributed by atoms with Crippen molar-refractivity contribution in [3.8, 4) is 44.5 Å². The first-order chi connectivity index (χ1) is 34.2. The lowest BCUT2D eigenvalue weighted by molar-refractivity contribution is 0.669. The molecule has 69 heavy (non-hydrogen) atoms. The standard InChI is InChI=1S/C66H45NOS/c1-5-17-44(18-6-1)49-31-36-58-59-38-35-52(43-63(59)68-62(58)41-49)67(51-33-29-48(30-34-51)54-26-14-16-28-57(54)56-27-15-13-25-53(56)46-21-9-3-10-22-46)61-40-39-55(47-23-11-4-12-24-47)66-65(61)60-37-32-50(42-64(60)69-66)45-19-7-2-8-20-45/h1-25,27-43,54H,26H2. The van der Waals surface area contributed by atoms with E-state index >= 15 is 0 Å². The van der Waals surface area contributed by atoms with Crippen LogP contribution in [0.4, 0.5) is 17.1 Å². The summed E-state index contributed by atoms with van der Waals surface area (Å²) < 4.78 is 9.33. The molecule has 2 heterocycles. The van der Waals surface area contributed by atoms with Crippen LogP contribution in [0.3, 0.4) is 0 Å². The van der Waals surface area contributed by atoms with Crippen molar-refractivity contribution in [3.05, 3.63) is 266 Å². The Morgan fingerprint density at radius 3 is 1.65 bits per heavy atom. The summed E-state index contributed by atoms with van der Waals surface area (Å²) in [5.41, 5.74) is 18.5. The van der Waals surface area contributed by atoms with Gasteiger partial charge in [-0.15, -0.1) is 11.3 Å². The zero-order chi connectivity index (χ0) is 45.7. The van der Waals surface area contributed by atoms with Crippen molar-refractivity contribution < 1.29 is 4.42 Å². The van der Waals surface area contributed by atoms with Gasteiger partial charge in [-0.25, -0.2) is 0 Å². The van der Waals surface area contributed by atoms with Crippen LogP contribution in [0.25, 0.3) is 92.2 Å². The van der Waals surface area contributed by atoms with Gasteiger partial charge in [0.15, 0.2) is 0 Å². The maximum atomic E-state index is 6.81. The lowest BCUT2D eigenvalue weighted by Gasteiger charge is -2.28. The van der Waals surface area contributed by atoms with E-state index < -0.39 is 0 Å². The number of hydrogen-bond donors (Lipinski definition) is 0. The zero-order valence-electron chi connectivity index (χ0n) is 37.8. The summed E-state index contributed by atoms with van der Waals surface area (Å²) in [5.74, 6) is 0.200. The lowest BCUT2D eigenvalue weighted by atomic mass is 9.79. The van der Waals surface area contributed by atoms with Gasteiger partial charge in [-0.2, -0.15) is 0 Å². The fourth-order valence-electron chi connectivity index (χ4n) is 10.5. The van der Waals surface area contributed by atoms with Gasteiger partial charge in [0, 0.05) is 54.3 Å². The molecule has 0 fully saturated rings. The number of rotatable bonds is 9. The third-order valence-electron chi connectivity index (χ3n) is 13.9. The molecular weight excluding hydrogens is 855 g/mol. The average molecular weight is 900 g/mol. The van der Waals surface area contributed by atoms with Crippen molar-refractivity contribution in [1.29, 1.82) is 0 Å². The summed E-state index contributed by atoms with van der Waals surface area (Å²) in [6.07, 6.45) is 7.77. The molecule has 13 rings (SSSR count). The van der Waals surface area contributed by atoms with E-state index in [0.717, 1.165) is 51.0 Å². The first-order valence-corrected chi connectivity index (χ1v) is 24.6. The summed E-state index contributed by atoms with van der Waals surface area (Å²) in [5, 5.41) is 4.68. The number of fused-ring (bicyclic) bond motifs is 6. The van der Waals surface area contributed by atoms with E-state index in [4.69, 9.17) is 4.42 Å². The Morgan fingerprint density at radius 2 is 0.971 bits per heavy atom. The first kappa shape index (κ1) is 40.7. The van der Waals surface area contributed by atoms with Gasteiger partial charge in [0.05, 0.1) is 5.69 Å². The van der Waals surface area contributed by atoms with Crippen LogP contribution < -0.4 is 4.90 Å². The molecule has 10 aromatic carbocycles. The van der Waals surface area contributed by atoms with Crippen molar-refractivity contribution >= 4 is 76.1 Å². The van der Waals surface area contributed by atoms with Gasteiger partial charge >= 0.3 is 0 Å². The van der Waals surface area contributed by atoms with Crippen molar-refractivity contribution in [3.63, 3.8) is 0 Å². The molecule has 0 radical (unpaired) electrons. The molecule has 1 atom stereocenters.